The van der Waals surface area contributed by atoms with E-state index < -0.39 is 11.6 Å². The normalized spacial score (nSPS) is 18.7. The first-order valence-corrected chi connectivity index (χ1v) is 10.8. The van der Waals surface area contributed by atoms with Gasteiger partial charge in [-0.25, -0.2) is 4.79 Å². The molecule has 0 unspecified atom stereocenters. The van der Waals surface area contributed by atoms with E-state index in [0.29, 0.717) is 29.2 Å². The van der Waals surface area contributed by atoms with Gasteiger partial charge in [0, 0.05) is 29.6 Å². The molecule has 2 heterocycles. The quantitative estimate of drug-likeness (QED) is 0.737. The van der Waals surface area contributed by atoms with Crippen LogP contribution < -0.4 is 10.1 Å². The van der Waals surface area contributed by atoms with Gasteiger partial charge < -0.3 is 9.88 Å². The van der Waals surface area contributed by atoms with Crippen LogP contribution in [0.2, 0.25) is 5.02 Å². The summed E-state index contributed by atoms with van der Waals surface area (Å²) in [5, 5.41) is 5.33. The van der Waals surface area contributed by atoms with Crippen LogP contribution >= 0.6 is 22.9 Å². The van der Waals surface area contributed by atoms with Crippen molar-refractivity contribution in [3.8, 4) is 0 Å². The number of carbonyl (C=O) groups is 3. The first-order valence-electron chi connectivity index (χ1n) is 9.57. The molecule has 2 aromatic rings. The van der Waals surface area contributed by atoms with Crippen molar-refractivity contribution in [3.63, 3.8) is 0 Å². The summed E-state index contributed by atoms with van der Waals surface area (Å²) in [7, 11) is 0. The molecular formula is C20H21ClN4O3S. The maximum absolute atomic E-state index is 12.6. The third kappa shape index (κ3) is 4.00. The van der Waals surface area contributed by atoms with E-state index >= 15 is 0 Å². The van der Waals surface area contributed by atoms with Gasteiger partial charge in [0.15, 0.2) is 4.80 Å². The SMILES string of the molecule is O=C(CCN1C(=O)NC2(CCCC2)C1=O)N=c1sccn1Cc1ccccc1Cl. The molecule has 1 N–H and O–H groups in total. The molecule has 0 atom stereocenters. The van der Waals surface area contributed by atoms with Gasteiger partial charge in [0.1, 0.15) is 5.54 Å². The number of nitrogens with one attached hydrogen (secondary N) is 1. The molecule has 7 nitrogen and oxygen atoms in total. The minimum absolute atomic E-state index is 0.000761. The number of amides is 4. The van der Waals surface area contributed by atoms with Gasteiger partial charge in [-0.1, -0.05) is 42.6 Å². The molecule has 29 heavy (non-hydrogen) atoms. The number of halogens is 1. The first kappa shape index (κ1) is 19.8. The van der Waals surface area contributed by atoms with Gasteiger partial charge in [0.2, 0.25) is 5.91 Å². The van der Waals surface area contributed by atoms with Crippen LogP contribution in [0.1, 0.15) is 37.7 Å². The third-order valence-electron chi connectivity index (χ3n) is 5.43. The molecule has 0 bridgehead atoms. The molecule has 1 aromatic carbocycles. The molecule has 1 aliphatic carbocycles. The van der Waals surface area contributed by atoms with Crippen molar-refractivity contribution in [2.75, 3.05) is 6.54 Å². The average molecular weight is 433 g/mol. The minimum Gasteiger partial charge on any atom is -0.323 e. The Morgan fingerprint density at radius 1 is 1.24 bits per heavy atom. The predicted molar refractivity (Wildman–Crippen MR) is 109 cm³/mol. The lowest BCUT2D eigenvalue weighted by atomic mass is 9.98. The van der Waals surface area contributed by atoms with Crippen molar-refractivity contribution in [1.29, 1.82) is 0 Å². The van der Waals surface area contributed by atoms with Crippen LogP contribution in [0.5, 0.6) is 0 Å². The molecule has 1 saturated carbocycles. The number of aromatic nitrogens is 1. The smallest absolute Gasteiger partial charge is 0.323 e. The lowest BCUT2D eigenvalue weighted by Crippen LogP contribution is -2.44. The minimum atomic E-state index is -0.747. The van der Waals surface area contributed by atoms with Gasteiger partial charge in [0.05, 0.1) is 6.54 Å². The van der Waals surface area contributed by atoms with Gasteiger partial charge in [0.25, 0.3) is 5.91 Å². The fourth-order valence-electron chi connectivity index (χ4n) is 3.88. The molecule has 152 valence electrons. The van der Waals surface area contributed by atoms with Crippen molar-refractivity contribution in [2.24, 2.45) is 4.99 Å². The molecule has 1 aromatic heterocycles. The summed E-state index contributed by atoms with van der Waals surface area (Å²) in [6, 6.07) is 7.11. The van der Waals surface area contributed by atoms with Gasteiger partial charge in [-0.2, -0.15) is 4.99 Å². The monoisotopic (exact) mass is 432 g/mol. The number of urea groups is 1. The van der Waals surface area contributed by atoms with E-state index in [2.05, 4.69) is 10.3 Å². The summed E-state index contributed by atoms with van der Waals surface area (Å²) < 4.78 is 1.85. The zero-order chi connectivity index (χ0) is 20.4. The van der Waals surface area contributed by atoms with Crippen LogP contribution in [0.15, 0.2) is 40.8 Å². The Bertz CT molecular complexity index is 1020. The van der Waals surface area contributed by atoms with E-state index in [-0.39, 0.29) is 24.8 Å². The van der Waals surface area contributed by atoms with Crippen molar-refractivity contribution in [1.82, 2.24) is 14.8 Å². The van der Waals surface area contributed by atoms with Gasteiger partial charge >= 0.3 is 6.03 Å². The molecule has 4 rings (SSSR count). The summed E-state index contributed by atoms with van der Waals surface area (Å²) >= 11 is 7.57. The highest BCUT2D eigenvalue weighted by atomic mass is 35.5. The summed E-state index contributed by atoms with van der Waals surface area (Å²) in [5.74, 6) is -0.578. The third-order valence-corrected chi connectivity index (χ3v) is 6.59. The zero-order valence-electron chi connectivity index (χ0n) is 15.8. The number of hydrogen-bond donors (Lipinski definition) is 1. The number of imide groups is 1. The van der Waals surface area contributed by atoms with Crippen molar-refractivity contribution in [2.45, 2.75) is 44.2 Å². The Balaban J connectivity index is 1.42. The Hall–Kier alpha value is -2.45. The summed E-state index contributed by atoms with van der Waals surface area (Å²) in [4.78, 5) is 43.1. The number of hydrogen-bond acceptors (Lipinski definition) is 4. The lowest BCUT2D eigenvalue weighted by Gasteiger charge is -2.19. The summed E-state index contributed by atoms with van der Waals surface area (Å²) in [5.41, 5.74) is 0.186. The van der Waals surface area contributed by atoms with Crippen molar-refractivity contribution >= 4 is 40.8 Å². The first-order chi connectivity index (χ1) is 14.0. The molecule has 2 aliphatic rings. The number of thiazole rings is 1. The Kier molecular flexibility index (Phi) is 5.56. The average Bonchev–Trinajstić information content (AvgIpc) is 3.39. The second kappa shape index (κ2) is 8.12. The van der Waals surface area contributed by atoms with Crippen LogP contribution in [-0.2, 0) is 16.1 Å². The van der Waals surface area contributed by atoms with Crippen molar-refractivity contribution in [3.05, 3.63) is 51.2 Å². The highest BCUT2D eigenvalue weighted by molar-refractivity contribution is 7.07. The molecule has 2 fully saturated rings. The molecule has 1 saturated heterocycles. The van der Waals surface area contributed by atoms with Crippen LogP contribution in [-0.4, -0.2) is 39.4 Å². The lowest BCUT2D eigenvalue weighted by molar-refractivity contribution is -0.131. The van der Waals surface area contributed by atoms with E-state index in [0.717, 1.165) is 23.3 Å². The maximum atomic E-state index is 12.6. The van der Waals surface area contributed by atoms with Crippen molar-refractivity contribution < 1.29 is 14.4 Å². The van der Waals surface area contributed by atoms with E-state index in [4.69, 9.17) is 11.6 Å². The Morgan fingerprint density at radius 2 is 2.00 bits per heavy atom. The molecule has 0 radical (unpaired) electrons. The second-order valence-corrected chi connectivity index (χ2v) is 8.62. The summed E-state index contributed by atoms with van der Waals surface area (Å²) in [6.45, 7) is 0.551. The van der Waals surface area contributed by atoms with Crippen LogP contribution in [0, 0.1) is 0 Å². The summed E-state index contributed by atoms with van der Waals surface area (Å²) in [6.07, 6.45) is 5.05. The number of carbonyl (C=O) groups excluding carboxylic acids is 3. The highest BCUT2D eigenvalue weighted by Crippen LogP contribution is 2.35. The fourth-order valence-corrected chi connectivity index (χ4v) is 4.82. The largest absolute Gasteiger partial charge is 0.325 e. The van der Waals surface area contributed by atoms with Crippen LogP contribution in [0.3, 0.4) is 0 Å². The Morgan fingerprint density at radius 3 is 2.76 bits per heavy atom. The van der Waals surface area contributed by atoms with E-state index in [1.54, 1.807) is 0 Å². The van der Waals surface area contributed by atoms with Gasteiger partial charge in [-0.15, -0.1) is 11.3 Å². The fraction of sp³-hybridized carbons (Fsp3) is 0.400. The topological polar surface area (TPSA) is 83.8 Å². The number of nitrogens with zero attached hydrogens (tertiary/aromatic N) is 3. The van der Waals surface area contributed by atoms with E-state index in [1.807, 2.05) is 40.4 Å². The standard InChI is InChI=1S/C20H21ClN4O3S/c21-15-6-2-1-5-14(15)13-24-11-12-29-19(24)22-16(26)7-10-25-17(27)20(23-18(25)28)8-3-4-9-20/h1-2,5-6,11-12H,3-4,7-10,13H2,(H,23,28). The van der Waals surface area contributed by atoms with E-state index in [9.17, 15) is 14.4 Å². The molecule has 1 aliphatic heterocycles. The maximum Gasteiger partial charge on any atom is 0.325 e. The van der Waals surface area contributed by atoms with Crippen LogP contribution in [0.25, 0.3) is 0 Å². The molecule has 4 amide bonds. The highest BCUT2D eigenvalue weighted by Gasteiger charge is 2.52. The second-order valence-electron chi connectivity index (χ2n) is 7.34. The molecule has 1 spiro atoms. The number of benzene rings is 1. The number of rotatable bonds is 5. The molecule has 9 heteroatoms. The van der Waals surface area contributed by atoms with Crippen LogP contribution in [0.4, 0.5) is 4.79 Å². The predicted octanol–water partition coefficient (Wildman–Crippen LogP) is 2.93. The molecular weight excluding hydrogens is 412 g/mol. The zero-order valence-corrected chi connectivity index (χ0v) is 17.3. The Labute approximate surface area is 177 Å². The van der Waals surface area contributed by atoms with Gasteiger partial charge in [-0.05, 0) is 24.5 Å². The van der Waals surface area contributed by atoms with Gasteiger partial charge in [-0.3, -0.25) is 14.5 Å². The van der Waals surface area contributed by atoms with E-state index in [1.165, 1.54) is 11.3 Å².